The van der Waals surface area contributed by atoms with Gasteiger partial charge in [0.25, 0.3) is 10.1 Å². The molecule has 0 aliphatic rings. The maximum Gasteiger partial charge on any atom is 2.00 e. The molecule has 0 radical (unpaired) electrons. The molecule has 4 rings (SSSR count). The van der Waals surface area contributed by atoms with E-state index >= 15 is 0 Å². The van der Waals surface area contributed by atoms with E-state index < -0.39 is 56.5 Å². The fourth-order valence-corrected chi connectivity index (χ4v) is 5.41. The van der Waals surface area contributed by atoms with Crippen LogP contribution >= 0.6 is 0 Å². The number of nitrogens with zero attached hydrogens (tertiary/aromatic N) is 2. The molecule has 0 amide bonds. The van der Waals surface area contributed by atoms with Gasteiger partial charge in [-0.3, -0.25) is 4.55 Å². The van der Waals surface area contributed by atoms with E-state index in [-0.39, 0.29) is 70.7 Å². The Morgan fingerprint density at radius 1 is 0.722 bits per heavy atom. The van der Waals surface area contributed by atoms with Crippen molar-refractivity contribution in [3.05, 3.63) is 60.7 Å². The minimum Gasteiger partial charge on any atom is -0.744 e. The van der Waals surface area contributed by atoms with Crippen LogP contribution in [0.5, 0.6) is 5.75 Å². The Balaban J connectivity index is 0.00000361. The monoisotopic (exact) mass is 674 g/mol. The number of hydrogen-bond acceptors (Lipinski definition) is 11. The van der Waals surface area contributed by atoms with E-state index in [0.29, 0.717) is 11.5 Å². The number of rotatable bonds is 5. The first-order valence-corrected chi connectivity index (χ1v) is 13.6. The van der Waals surface area contributed by atoms with Crippen molar-refractivity contribution in [3.8, 4) is 5.75 Å². The van der Waals surface area contributed by atoms with Crippen LogP contribution in [0.25, 0.3) is 21.5 Å². The van der Waals surface area contributed by atoms with Crippen molar-refractivity contribution in [1.82, 2.24) is 0 Å². The molecule has 0 heterocycles. The van der Waals surface area contributed by atoms with Gasteiger partial charge in [-0.25, -0.2) is 16.8 Å². The van der Waals surface area contributed by atoms with E-state index in [1.807, 2.05) is 0 Å². The van der Waals surface area contributed by atoms with Crippen molar-refractivity contribution in [2.75, 3.05) is 0 Å². The third-order valence-electron chi connectivity index (χ3n) is 4.95. The third kappa shape index (κ3) is 5.65. The first-order chi connectivity index (χ1) is 16.2. The molecule has 0 saturated carbocycles. The Morgan fingerprint density at radius 2 is 1.39 bits per heavy atom. The molecule has 36 heavy (non-hydrogen) atoms. The fraction of sp³-hybridized carbons (Fsp3) is 0. The molecule has 2 N–H and O–H groups in total. The second kappa shape index (κ2) is 10.1. The maximum atomic E-state index is 12.1. The molecule has 0 unspecified atom stereocenters. The molecule has 12 nitrogen and oxygen atoms in total. The predicted molar refractivity (Wildman–Crippen MR) is 125 cm³/mol. The van der Waals surface area contributed by atoms with Gasteiger partial charge in [0.2, 0.25) is 0 Å². The van der Waals surface area contributed by atoms with E-state index in [4.69, 9.17) is 0 Å². The number of azo groups is 1. The molecule has 0 atom stereocenters. The summed E-state index contributed by atoms with van der Waals surface area (Å²) in [7, 11) is -15.1. The summed E-state index contributed by atoms with van der Waals surface area (Å²) in [5.74, 6) is -1.14. The van der Waals surface area contributed by atoms with Gasteiger partial charge in [-0.05, 0) is 35.0 Å². The van der Waals surface area contributed by atoms with Crippen molar-refractivity contribution in [1.29, 1.82) is 0 Å². The smallest absolute Gasteiger partial charge is 0.744 e. The van der Waals surface area contributed by atoms with Crippen LogP contribution in [0.4, 0.5) is 11.4 Å². The first kappa shape index (κ1) is 28.7. The van der Waals surface area contributed by atoms with Crippen LogP contribution in [0.15, 0.2) is 85.6 Å². The minimum absolute atomic E-state index is 0. The van der Waals surface area contributed by atoms with E-state index in [1.165, 1.54) is 24.3 Å². The van der Waals surface area contributed by atoms with Gasteiger partial charge in [-0.1, -0.05) is 36.4 Å². The fourth-order valence-electron chi connectivity index (χ4n) is 3.46. The van der Waals surface area contributed by atoms with Gasteiger partial charge in [0, 0.05) is 10.8 Å². The van der Waals surface area contributed by atoms with E-state index in [1.54, 1.807) is 12.1 Å². The van der Waals surface area contributed by atoms with Crippen molar-refractivity contribution in [2.24, 2.45) is 10.2 Å². The molecule has 0 aromatic heterocycles. The Bertz CT molecular complexity index is 1890. The Labute approximate surface area is 245 Å². The topological polar surface area (TPSA) is 214 Å². The molecule has 16 heteroatoms. The summed E-state index contributed by atoms with van der Waals surface area (Å²) in [6, 6.07) is 12.1. The summed E-state index contributed by atoms with van der Waals surface area (Å²) in [6.07, 6.45) is 0. The summed E-state index contributed by atoms with van der Waals surface area (Å²) in [4.78, 5) is -2.53. The number of hydrogen-bond donors (Lipinski definition) is 2. The van der Waals surface area contributed by atoms with Crippen molar-refractivity contribution in [3.63, 3.8) is 0 Å². The van der Waals surface area contributed by atoms with Crippen LogP contribution in [0.3, 0.4) is 0 Å². The summed E-state index contributed by atoms with van der Waals surface area (Å²) < 4.78 is 103. The minimum atomic E-state index is -5.30. The summed E-state index contributed by atoms with van der Waals surface area (Å²) in [5, 5.41) is 18.1. The van der Waals surface area contributed by atoms with Gasteiger partial charge in [-0.2, -0.15) is 8.42 Å². The van der Waals surface area contributed by atoms with Crippen LogP contribution in [0.2, 0.25) is 0 Å². The van der Waals surface area contributed by atoms with E-state index in [0.717, 1.165) is 18.2 Å². The van der Waals surface area contributed by atoms with Gasteiger partial charge in [0.05, 0.1) is 9.79 Å². The Hall–Kier alpha value is -1.90. The predicted octanol–water partition coefficient (Wildman–Crippen LogP) is 2.79. The molecule has 0 aliphatic carbocycles. The normalized spacial score (nSPS) is 12.8. The molecule has 182 valence electrons. The molecular formula is C20H12BaN2O10S3. The number of fused-ring (bicyclic) bond motifs is 2. The number of phenolic OH excluding ortho intramolecular Hbond substituents is 1. The maximum absolute atomic E-state index is 12.1. The molecule has 4 aromatic rings. The molecular weight excluding hydrogens is 662 g/mol. The zero-order valence-corrected chi connectivity index (χ0v) is 24.7. The Kier molecular flexibility index (Phi) is 8.05. The summed E-state index contributed by atoms with van der Waals surface area (Å²) >= 11 is 0. The van der Waals surface area contributed by atoms with Gasteiger partial charge < -0.3 is 14.2 Å². The average molecular weight is 674 g/mol. The average Bonchev–Trinajstić information content (AvgIpc) is 2.75. The van der Waals surface area contributed by atoms with Crippen LogP contribution < -0.4 is 0 Å². The van der Waals surface area contributed by atoms with Gasteiger partial charge in [0.15, 0.2) is 5.75 Å². The molecule has 0 bridgehead atoms. The second-order valence-electron chi connectivity index (χ2n) is 7.17. The molecule has 0 aliphatic heterocycles. The molecule has 0 fully saturated rings. The largest absolute Gasteiger partial charge is 2.00 e. The number of phenols is 1. The van der Waals surface area contributed by atoms with Crippen molar-refractivity contribution in [2.45, 2.75) is 14.7 Å². The SMILES string of the molecule is O=S(=O)([O-])c1ccc2c(N=Nc3ccc4ccccc4c3S(=O)(=O)O)c(O)c(S(=O)(=O)[O-])cc2c1.[Ba+2]. The molecule has 0 spiro atoms. The quantitative estimate of drug-likeness (QED) is 0.179. The number of benzene rings is 4. The molecule has 4 aromatic carbocycles. The van der Waals surface area contributed by atoms with Crippen LogP contribution in [-0.4, -0.2) is 92.9 Å². The standard InChI is InChI=1S/C20H14N2O10S3.Ba/c23-19-17(34(27,28)29)10-12-9-13(33(24,25)26)6-7-14(12)18(19)22-21-16-8-5-11-3-1-2-4-15(11)20(16)35(30,31)32;/h1-10,23H,(H,24,25,26)(H,27,28,29)(H,30,31,32);/q;+2/p-2. The van der Waals surface area contributed by atoms with Gasteiger partial charge >= 0.3 is 48.9 Å². The van der Waals surface area contributed by atoms with Gasteiger partial charge in [-0.15, -0.1) is 10.2 Å². The summed E-state index contributed by atoms with van der Waals surface area (Å²) in [5.41, 5.74) is -1.01. The van der Waals surface area contributed by atoms with Crippen molar-refractivity contribution >= 4 is 112 Å². The van der Waals surface area contributed by atoms with E-state index in [9.17, 15) is 44.0 Å². The number of aromatic hydroxyl groups is 1. The van der Waals surface area contributed by atoms with Crippen LogP contribution in [0.1, 0.15) is 0 Å². The molecule has 0 saturated heterocycles. The zero-order valence-electron chi connectivity index (χ0n) is 17.8. The Morgan fingerprint density at radius 3 is 2.00 bits per heavy atom. The van der Waals surface area contributed by atoms with Crippen LogP contribution in [-0.2, 0) is 30.4 Å². The van der Waals surface area contributed by atoms with Gasteiger partial charge in [0.1, 0.15) is 36.5 Å². The zero-order chi connectivity index (χ0) is 25.8. The van der Waals surface area contributed by atoms with Crippen molar-refractivity contribution < 1.29 is 44.0 Å². The summed E-state index contributed by atoms with van der Waals surface area (Å²) in [6.45, 7) is 0. The third-order valence-corrected chi connectivity index (χ3v) is 7.58. The first-order valence-electron chi connectivity index (χ1n) is 9.30. The van der Waals surface area contributed by atoms with Crippen LogP contribution in [0, 0.1) is 0 Å². The second-order valence-corrected chi connectivity index (χ2v) is 11.3. The van der Waals surface area contributed by atoms with E-state index in [2.05, 4.69) is 10.2 Å².